The summed E-state index contributed by atoms with van der Waals surface area (Å²) in [6.45, 7) is 7.33. The predicted octanol–water partition coefficient (Wildman–Crippen LogP) is 0.911. The van der Waals surface area contributed by atoms with E-state index >= 15 is 0 Å². The van der Waals surface area contributed by atoms with Crippen LogP contribution < -0.4 is 0 Å². The molecule has 0 spiro atoms. The topological polar surface area (TPSA) is 48.1 Å². The molecule has 0 bridgehead atoms. The zero-order valence-corrected chi connectivity index (χ0v) is 8.45. The van der Waals surface area contributed by atoms with Gasteiger partial charge in [-0.25, -0.2) is 4.79 Å². The Morgan fingerprint density at radius 3 is 2.79 bits per heavy atom. The molecule has 4 nitrogen and oxygen atoms in total. The van der Waals surface area contributed by atoms with Gasteiger partial charge >= 0.3 is 5.97 Å². The number of carbonyl (C=O) groups is 1. The largest absolute Gasteiger partial charge is 0.460 e. The van der Waals surface area contributed by atoms with Crippen molar-refractivity contribution in [2.75, 3.05) is 26.4 Å². The first-order valence-corrected chi connectivity index (χ1v) is 4.72. The molecular weight excluding hydrogens is 184 g/mol. The molecule has 0 saturated carbocycles. The highest BCUT2D eigenvalue weighted by Crippen LogP contribution is 2.12. The van der Waals surface area contributed by atoms with Crippen LogP contribution in [0, 0.1) is 0 Å². The molecule has 0 aromatic heterocycles. The van der Waals surface area contributed by atoms with Crippen LogP contribution in [0.25, 0.3) is 0 Å². The van der Waals surface area contributed by atoms with Crippen LogP contribution in [0.5, 0.6) is 0 Å². The fraction of sp³-hybridized carbons (Fsp3) is 0.700. The quantitative estimate of drug-likeness (QED) is 0.265. The van der Waals surface area contributed by atoms with Crippen molar-refractivity contribution in [1.82, 2.24) is 0 Å². The highest BCUT2D eigenvalue weighted by molar-refractivity contribution is 5.86. The Morgan fingerprint density at radius 2 is 2.21 bits per heavy atom. The van der Waals surface area contributed by atoms with Crippen molar-refractivity contribution in [2.45, 2.75) is 19.4 Å². The molecule has 1 fully saturated rings. The lowest BCUT2D eigenvalue weighted by Crippen LogP contribution is -2.11. The molecule has 1 unspecified atom stereocenters. The summed E-state index contributed by atoms with van der Waals surface area (Å²) in [4.78, 5) is 10.9. The second kappa shape index (κ2) is 5.78. The van der Waals surface area contributed by atoms with E-state index in [0.29, 0.717) is 24.9 Å². The van der Waals surface area contributed by atoms with Crippen molar-refractivity contribution in [2.24, 2.45) is 0 Å². The monoisotopic (exact) mass is 200 g/mol. The SMILES string of the molecule is C=C(C)C(=O)OCCOCCC1CO1. The third-order valence-electron chi connectivity index (χ3n) is 1.80. The molecule has 0 aromatic rings. The molecule has 1 aliphatic heterocycles. The van der Waals surface area contributed by atoms with E-state index < -0.39 is 0 Å². The average Bonchev–Trinajstić information content (AvgIpc) is 2.94. The first kappa shape index (κ1) is 11.2. The van der Waals surface area contributed by atoms with Gasteiger partial charge in [-0.3, -0.25) is 0 Å². The maximum absolute atomic E-state index is 10.9. The Morgan fingerprint density at radius 1 is 1.50 bits per heavy atom. The van der Waals surface area contributed by atoms with Crippen molar-refractivity contribution < 1.29 is 19.0 Å². The summed E-state index contributed by atoms with van der Waals surface area (Å²) in [7, 11) is 0. The van der Waals surface area contributed by atoms with E-state index in [-0.39, 0.29) is 12.6 Å². The highest BCUT2D eigenvalue weighted by Gasteiger charge is 2.21. The zero-order valence-electron chi connectivity index (χ0n) is 8.45. The van der Waals surface area contributed by atoms with Gasteiger partial charge in [0.2, 0.25) is 0 Å². The summed E-state index contributed by atoms with van der Waals surface area (Å²) in [5.74, 6) is -0.362. The lowest BCUT2D eigenvalue weighted by Gasteiger charge is -2.04. The van der Waals surface area contributed by atoms with E-state index in [1.54, 1.807) is 6.92 Å². The summed E-state index contributed by atoms with van der Waals surface area (Å²) in [6.07, 6.45) is 1.32. The van der Waals surface area contributed by atoms with Crippen LogP contribution >= 0.6 is 0 Å². The van der Waals surface area contributed by atoms with E-state index in [2.05, 4.69) is 6.58 Å². The Balaban J connectivity index is 1.83. The Bertz CT molecular complexity index is 208. The van der Waals surface area contributed by atoms with E-state index in [4.69, 9.17) is 14.2 Å². The van der Waals surface area contributed by atoms with Gasteiger partial charge in [0, 0.05) is 12.2 Å². The van der Waals surface area contributed by atoms with Gasteiger partial charge in [0.1, 0.15) is 6.61 Å². The van der Waals surface area contributed by atoms with Crippen LogP contribution in [0.2, 0.25) is 0 Å². The van der Waals surface area contributed by atoms with Gasteiger partial charge in [0.15, 0.2) is 0 Å². The van der Waals surface area contributed by atoms with Gasteiger partial charge in [-0.05, 0) is 13.3 Å². The minimum Gasteiger partial charge on any atom is -0.460 e. The Kier molecular flexibility index (Phi) is 4.62. The number of carbonyl (C=O) groups excluding carboxylic acids is 1. The summed E-state index contributed by atoms with van der Waals surface area (Å²) >= 11 is 0. The minimum atomic E-state index is -0.362. The molecule has 1 heterocycles. The van der Waals surface area contributed by atoms with Crippen LogP contribution in [0.15, 0.2) is 12.2 Å². The van der Waals surface area contributed by atoms with E-state index in [9.17, 15) is 4.79 Å². The first-order chi connectivity index (χ1) is 6.70. The minimum absolute atomic E-state index is 0.289. The Labute approximate surface area is 83.8 Å². The lowest BCUT2D eigenvalue weighted by molar-refractivity contribution is -0.140. The van der Waals surface area contributed by atoms with Gasteiger partial charge in [-0.15, -0.1) is 0 Å². The fourth-order valence-electron chi connectivity index (χ4n) is 0.868. The third-order valence-corrected chi connectivity index (χ3v) is 1.80. The van der Waals surface area contributed by atoms with Crippen LogP contribution in [-0.4, -0.2) is 38.5 Å². The third kappa shape index (κ3) is 4.99. The molecule has 0 aromatic carbocycles. The molecule has 1 saturated heterocycles. The molecule has 0 N–H and O–H groups in total. The number of epoxide rings is 1. The standard InChI is InChI=1S/C10H16O4/c1-8(2)10(11)13-6-5-12-4-3-9-7-14-9/h9H,1,3-7H2,2H3. The molecule has 0 amide bonds. The fourth-order valence-corrected chi connectivity index (χ4v) is 0.868. The van der Waals surface area contributed by atoms with Crippen molar-refractivity contribution in [3.63, 3.8) is 0 Å². The summed E-state index contributed by atoms with van der Waals surface area (Å²) in [5, 5.41) is 0. The van der Waals surface area contributed by atoms with E-state index in [0.717, 1.165) is 13.0 Å². The van der Waals surface area contributed by atoms with Crippen LogP contribution in [0.4, 0.5) is 0 Å². The second-order valence-electron chi connectivity index (χ2n) is 3.27. The maximum Gasteiger partial charge on any atom is 0.333 e. The smallest absolute Gasteiger partial charge is 0.333 e. The van der Waals surface area contributed by atoms with Gasteiger partial charge in [-0.1, -0.05) is 6.58 Å². The van der Waals surface area contributed by atoms with Crippen molar-refractivity contribution in [3.05, 3.63) is 12.2 Å². The normalized spacial score (nSPS) is 19.1. The molecule has 80 valence electrons. The molecule has 1 atom stereocenters. The van der Waals surface area contributed by atoms with E-state index in [1.165, 1.54) is 0 Å². The molecule has 1 rings (SSSR count). The molecule has 4 heteroatoms. The summed E-state index contributed by atoms with van der Waals surface area (Å²) in [6, 6.07) is 0. The van der Waals surface area contributed by atoms with Crippen LogP contribution in [0.3, 0.4) is 0 Å². The molecule has 1 aliphatic rings. The number of hydrogen-bond acceptors (Lipinski definition) is 4. The summed E-state index contributed by atoms with van der Waals surface area (Å²) in [5.41, 5.74) is 0.413. The molecular formula is C10H16O4. The molecule has 14 heavy (non-hydrogen) atoms. The number of ether oxygens (including phenoxy) is 3. The van der Waals surface area contributed by atoms with Crippen molar-refractivity contribution in [3.8, 4) is 0 Å². The van der Waals surface area contributed by atoms with Gasteiger partial charge in [0.05, 0.1) is 19.3 Å². The van der Waals surface area contributed by atoms with Gasteiger partial charge in [0.25, 0.3) is 0 Å². The van der Waals surface area contributed by atoms with Gasteiger partial charge < -0.3 is 14.2 Å². The highest BCUT2D eigenvalue weighted by atomic mass is 16.6. The van der Waals surface area contributed by atoms with Gasteiger partial charge in [-0.2, -0.15) is 0 Å². The number of hydrogen-bond donors (Lipinski definition) is 0. The Hall–Kier alpha value is -0.870. The van der Waals surface area contributed by atoms with E-state index in [1.807, 2.05) is 0 Å². The number of rotatable bonds is 7. The van der Waals surface area contributed by atoms with Crippen LogP contribution in [0.1, 0.15) is 13.3 Å². The number of esters is 1. The van der Waals surface area contributed by atoms with Crippen molar-refractivity contribution >= 4 is 5.97 Å². The predicted molar refractivity (Wildman–Crippen MR) is 50.9 cm³/mol. The van der Waals surface area contributed by atoms with Crippen LogP contribution in [-0.2, 0) is 19.0 Å². The first-order valence-electron chi connectivity index (χ1n) is 4.72. The lowest BCUT2D eigenvalue weighted by atomic mass is 10.3. The molecule has 0 radical (unpaired) electrons. The summed E-state index contributed by atoms with van der Waals surface area (Å²) < 4.78 is 15.1. The van der Waals surface area contributed by atoms with Crippen molar-refractivity contribution in [1.29, 1.82) is 0 Å². The molecule has 0 aliphatic carbocycles. The second-order valence-corrected chi connectivity index (χ2v) is 3.27. The maximum atomic E-state index is 10.9. The zero-order chi connectivity index (χ0) is 10.4. The average molecular weight is 200 g/mol.